The number of nitrogens with two attached hydrogens (primary N) is 1. The summed E-state index contributed by atoms with van der Waals surface area (Å²) in [5.74, 6) is 0. The first-order valence-corrected chi connectivity index (χ1v) is 6.85. The molecule has 1 aliphatic heterocycles. The number of halogens is 2. The van der Waals surface area contributed by atoms with Crippen molar-refractivity contribution in [3.8, 4) is 0 Å². The molecule has 5 heteroatoms. The lowest BCUT2D eigenvalue weighted by molar-refractivity contribution is -0.0567. The molecule has 1 fully saturated rings. The van der Waals surface area contributed by atoms with Crippen LogP contribution < -0.4 is 5.73 Å². The Morgan fingerprint density at radius 3 is 2.94 bits per heavy atom. The highest BCUT2D eigenvalue weighted by Gasteiger charge is 2.25. The topological polar surface area (TPSA) is 38.5 Å². The molecule has 18 heavy (non-hydrogen) atoms. The summed E-state index contributed by atoms with van der Waals surface area (Å²) in [4.78, 5) is 2.33. The van der Waals surface area contributed by atoms with Gasteiger partial charge in [-0.1, -0.05) is 23.2 Å². The fourth-order valence-corrected chi connectivity index (χ4v) is 2.49. The third-order valence-electron chi connectivity index (χ3n) is 3.28. The van der Waals surface area contributed by atoms with Crippen molar-refractivity contribution in [3.63, 3.8) is 0 Å². The summed E-state index contributed by atoms with van der Waals surface area (Å²) < 4.78 is 5.64. The van der Waals surface area contributed by atoms with Crippen LogP contribution in [0.1, 0.15) is 12.5 Å². The van der Waals surface area contributed by atoms with E-state index in [4.69, 9.17) is 33.7 Å². The number of morpholine rings is 1. The van der Waals surface area contributed by atoms with Gasteiger partial charge in [-0.25, -0.2) is 0 Å². The van der Waals surface area contributed by atoms with Crippen molar-refractivity contribution in [1.82, 2.24) is 4.90 Å². The molecule has 0 amide bonds. The van der Waals surface area contributed by atoms with Crippen LogP contribution in [0.15, 0.2) is 18.2 Å². The first-order chi connectivity index (χ1) is 8.60. The van der Waals surface area contributed by atoms with E-state index in [2.05, 4.69) is 11.8 Å². The van der Waals surface area contributed by atoms with Gasteiger partial charge in [0.05, 0.1) is 12.7 Å². The molecule has 1 aromatic rings. The maximum atomic E-state index is 6.19. The highest BCUT2D eigenvalue weighted by Crippen LogP contribution is 2.24. The highest BCUT2D eigenvalue weighted by atomic mass is 35.5. The molecule has 0 saturated carbocycles. The van der Waals surface area contributed by atoms with Crippen molar-refractivity contribution >= 4 is 23.2 Å². The average Bonchev–Trinajstić information content (AvgIpc) is 2.36. The summed E-state index contributed by atoms with van der Waals surface area (Å²) in [6.07, 6.45) is 0.110. The van der Waals surface area contributed by atoms with Gasteiger partial charge in [0.1, 0.15) is 0 Å². The van der Waals surface area contributed by atoms with E-state index in [1.165, 1.54) is 0 Å². The van der Waals surface area contributed by atoms with E-state index in [0.717, 1.165) is 23.7 Å². The Hall–Kier alpha value is -0.320. The van der Waals surface area contributed by atoms with Crippen molar-refractivity contribution in [2.45, 2.75) is 25.6 Å². The fraction of sp³-hybridized carbons (Fsp3) is 0.538. The van der Waals surface area contributed by atoms with Crippen molar-refractivity contribution in [3.05, 3.63) is 33.8 Å². The molecule has 2 unspecified atom stereocenters. The lowest BCUT2D eigenvalue weighted by Gasteiger charge is -2.37. The normalized spacial score (nSPS) is 25.3. The number of hydrogen-bond acceptors (Lipinski definition) is 3. The Kier molecular flexibility index (Phi) is 4.87. The zero-order valence-corrected chi connectivity index (χ0v) is 11.9. The van der Waals surface area contributed by atoms with Crippen LogP contribution in [-0.2, 0) is 11.3 Å². The second kappa shape index (κ2) is 6.22. The SMILES string of the molecule is CC1COC(CN)CN1Cc1cc(Cl)ccc1Cl. The molecule has 3 nitrogen and oxygen atoms in total. The van der Waals surface area contributed by atoms with Crippen LogP contribution in [0, 0.1) is 0 Å². The van der Waals surface area contributed by atoms with Gasteiger partial charge in [-0.2, -0.15) is 0 Å². The Balaban J connectivity index is 2.09. The molecule has 1 aromatic carbocycles. The van der Waals surface area contributed by atoms with Gasteiger partial charge in [-0.15, -0.1) is 0 Å². The van der Waals surface area contributed by atoms with Gasteiger partial charge in [0.15, 0.2) is 0 Å². The molecule has 2 N–H and O–H groups in total. The van der Waals surface area contributed by atoms with Gasteiger partial charge in [0, 0.05) is 35.7 Å². The number of hydrogen-bond donors (Lipinski definition) is 1. The van der Waals surface area contributed by atoms with Crippen LogP contribution >= 0.6 is 23.2 Å². The minimum Gasteiger partial charge on any atom is -0.374 e. The molecule has 100 valence electrons. The predicted molar refractivity (Wildman–Crippen MR) is 75.1 cm³/mol. The molecule has 2 rings (SSSR count). The van der Waals surface area contributed by atoms with E-state index in [-0.39, 0.29) is 6.10 Å². The molecule has 1 saturated heterocycles. The number of benzene rings is 1. The van der Waals surface area contributed by atoms with Crippen LogP contribution in [0.4, 0.5) is 0 Å². The van der Waals surface area contributed by atoms with E-state index >= 15 is 0 Å². The highest BCUT2D eigenvalue weighted by molar-refractivity contribution is 6.33. The fourth-order valence-electron chi connectivity index (χ4n) is 2.12. The third kappa shape index (κ3) is 3.37. The average molecular weight is 289 g/mol. The van der Waals surface area contributed by atoms with E-state index in [9.17, 15) is 0 Å². The third-order valence-corrected chi connectivity index (χ3v) is 3.88. The minimum atomic E-state index is 0.110. The standard InChI is InChI=1S/C13H18Cl2N2O/c1-9-8-18-12(5-16)7-17(9)6-10-4-11(14)2-3-13(10)15/h2-4,9,12H,5-8,16H2,1H3. The molecular formula is C13H18Cl2N2O. The van der Waals surface area contributed by atoms with Crippen molar-refractivity contribution in [2.24, 2.45) is 5.73 Å². The smallest absolute Gasteiger partial charge is 0.0824 e. The number of nitrogens with zero attached hydrogens (tertiary/aromatic N) is 1. The summed E-state index contributed by atoms with van der Waals surface area (Å²) in [6, 6.07) is 5.93. The molecule has 1 heterocycles. The Labute approximate surface area is 118 Å². The summed E-state index contributed by atoms with van der Waals surface area (Å²) in [5.41, 5.74) is 6.71. The first-order valence-electron chi connectivity index (χ1n) is 6.09. The van der Waals surface area contributed by atoms with E-state index in [1.807, 2.05) is 12.1 Å². The summed E-state index contributed by atoms with van der Waals surface area (Å²) >= 11 is 12.2. The van der Waals surface area contributed by atoms with Gasteiger partial charge in [-0.05, 0) is 30.7 Å². The van der Waals surface area contributed by atoms with Crippen molar-refractivity contribution in [1.29, 1.82) is 0 Å². The zero-order valence-electron chi connectivity index (χ0n) is 10.4. The quantitative estimate of drug-likeness (QED) is 0.929. The van der Waals surface area contributed by atoms with E-state index < -0.39 is 0 Å². The summed E-state index contributed by atoms with van der Waals surface area (Å²) in [5, 5.41) is 1.47. The molecule has 0 aliphatic carbocycles. The van der Waals surface area contributed by atoms with Crippen LogP contribution in [0.5, 0.6) is 0 Å². The second-order valence-electron chi connectivity index (χ2n) is 4.71. The lowest BCUT2D eigenvalue weighted by Crippen LogP contribution is -2.50. The molecule has 1 aliphatic rings. The van der Waals surface area contributed by atoms with E-state index in [1.54, 1.807) is 6.07 Å². The molecular weight excluding hydrogens is 271 g/mol. The molecule has 0 aromatic heterocycles. The molecule has 2 atom stereocenters. The van der Waals surface area contributed by atoms with Crippen molar-refractivity contribution < 1.29 is 4.74 Å². The number of ether oxygens (including phenoxy) is 1. The first kappa shape index (κ1) is 14.1. The van der Waals surface area contributed by atoms with Gasteiger partial charge >= 0.3 is 0 Å². The molecule has 0 bridgehead atoms. The van der Waals surface area contributed by atoms with Gasteiger partial charge in [-0.3, -0.25) is 4.90 Å². The van der Waals surface area contributed by atoms with Gasteiger partial charge < -0.3 is 10.5 Å². The summed E-state index contributed by atoms with van der Waals surface area (Å²) in [6.45, 7) is 5.01. The maximum absolute atomic E-state index is 6.19. The van der Waals surface area contributed by atoms with Crippen LogP contribution in [0.25, 0.3) is 0 Å². The monoisotopic (exact) mass is 288 g/mol. The van der Waals surface area contributed by atoms with Crippen LogP contribution in [-0.4, -0.2) is 36.7 Å². The number of rotatable bonds is 3. The lowest BCUT2D eigenvalue weighted by atomic mass is 10.1. The predicted octanol–water partition coefficient (Wildman–Crippen LogP) is 2.54. The van der Waals surface area contributed by atoms with Gasteiger partial charge in [0.2, 0.25) is 0 Å². The van der Waals surface area contributed by atoms with Gasteiger partial charge in [0.25, 0.3) is 0 Å². The summed E-state index contributed by atoms with van der Waals surface area (Å²) in [7, 11) is 0. The maximum Gasteiger partial charge on any atom is 0.0824 e. The van der Waals surface area contributed by atoms with E-state index in [0.29, 0.717) is 24.2 Å². The minimum absolute atomic E-state index is 0.110. The van der Waals surface area contributed by atoms with Crippen LogP contribution in [0.3, 0.4) is 0 Å². The Morgan fingerprint density at radius 1 is 1.44 bits per heavy atom. The Morgan fingerprint density at radius 2 is 2.22 bits per heavy atom. The van der Waals surface area contributed by atoms with Crippen LogP contribution in [0.2, 0.25) is 10.0 Å². The Bertz CT molecular complexity index is 414. The second-order valence-corrected chi connectivity index (χ2v) is 5.55. The van der Waals surface area contributed by atoms with Crippen molar-refractivity contribution in [2.75, 3.05) is 19.7 Å². The molecule has 0 radical (unpaired) electrons. The zero-order chi connectivity index (χ0) is 13.1. The largest absolute Gasteiger partial charge is 0.374 e. The molecule has 0 spiro atoms.